The standard InChI is InChI=1S/C13H20N4O/c1-9-5-10(2)8-17(7-9)13(18)12-4-3-11(16-14)6-15-12/h3-4,6,9-10,16H,5,7-8,14H2,1-2H3. The molecular weight excluding hydrogens is 228 g/mol. The third-order valence-electron chi connectivity index (χ3n) is 3.31. The Bertz CT molecular complexity index is 408. The number of aromatic nitrogens is 1. The molecule has 0 aliphatic carbocycles. The second kappa shape index (κ2) is 5.35. The van der Waals surface area contributed by atoms with Crippen LogP contribution in [0.25, 0.3) is 0 Å². The van der Waals surface area contributed by atoms with Crippen LogP contribution in [0.4, 0.5) is 5.69 Å². The van der Waals surface area contributed by atoms with E-state index >= 15 is 0 Å². The number of pyridine rings is 1. The summed E-state index contributed by atoms with van der Waals surface area (Å²) in [6.45, 7) is 6.01. The highest BCUT2D eigenvalue weighted by Crippen LogP contribution is 2.22. The number of likely N-dealkylation sites (tertiary alicyclic amines) is 1. The van der Waals surface area contributed by atoms with Gasteiger partial charge in [0.25, 0.3) is 5.91 Å². The number of nitrogens with zero attached hydrogens (tertiary/aromatic N) is 2. The number of hydrogen-bond acceptors (Lipinski definition) is 4. The fourth-order valence-electron chi connectivity index (χ4n) is 2.60. The predicted octanol–water partition coefficient (Wildman–Crippen LogP) is 1.49. The Balaban J connectivity index is 2.09. The van der Waals surface area contributed by atoms with Gasteiger partial charge in [-0.2, -0.15) is 0 Å². The summed E-state index contributed by atoms with van der Waals surface area (Å²) in [7, 11) is 0. The molecule has 1 aliphatic rings. The molecule has 0 spiro atoms. The molecule has 1 amide bonds. The van der Waals surface area contributed by atoms with E-state index in [1.54, 1.807) is 18.3 Å². The molecule has 0 saturated carbocycles. The lowest BCUT2D eigenvalue weighted by Gasteiger charge is -2.34. The molecule has 2 unspecified atom stereocenters. The highest BCUT2D eigenvalue weighted by atomic mass is 16.2. The Morgan fingerprint density at radius 3 is 2.56 bits per heavy atom. The second-order valence-corrected chi connectivity index (χ2v) is 5.23. The average Bonchev–Trinajstić information content (AvgIpc) is 2.37. The number of rotatable bonds is 2. The van der Waals surface area contributed by atoms with Gasteiger partial charge in [0.2, 0.25) is 0 Å². The van der Waals surface area contributed by atoms with Crippen molar-refractivity contribution in [3.63, 3.8) is 0 Å². The quantitative estimate of drug-likeness (QED) is 0.614. The largest absolute Gasteiger partial charge is 0.337 e. The van der Waals surface area contributed by atoms with Gasteiger partial charge in [-0.1, -0.05) is 13.8 Å². The third-order valence-corrected chi connectivity index (χ3v) is 3.31. The van der Waals surface area contributed by atoms with Gasteiger partial charge >= 0.3 is 0 Å². The Morgan fingerprint density at radius 2 is 2.06 bits per heavy atom. The van der Waals surface area contributed by atoms with Crippen LogP contribution < -0.4 is 11.3 Å². The van der Waals surface area contributed by atoms with Crippen molar-refractivity contribution >= 4 is 11.6 Å². The van der Waals surface area contributed by atoms with Gasteiger partial charge in [0, 0.05) is 13.1 Å². The topological polar surface area (TPSA) is 71.2 Å². The van der Waals surface area contributed by atoms with Crippen molar-refractivity contribution < 1.29 is 4.79 Å². The van der Waals surface area contributed by atoms with Crippen LogP contribution >= 0.6 is 0 Å². The van der Waals surface area contributed by atoms with Gasteiger partial charge in [0.05, 0.1) is 11.9 Å². The molecule has 1 aliphatic heterocycles. The molecule has 2 atom stereocenters. The van der Waals surface area contributed by atoms with Crippen LogP contribution in [0, 0.1) is 11.8 Å². The van der Waals surface area contributed by atoms with Crippen molar-refractivity contribution in [3.05, 3.63) is 24.0 Å². The minimum Gasteiger partial charge on any atom is -0.337 e. The second-order valence-electron chi connectivity index (χ2n) is 5.23. The van der Waals surface area contributed by atoms with Gasteiger partial charge in [-0.25, -0.2) is 4.98 Å². The maximum absolute atomic E-state index is 12.3. The molecule has 0 bridgehead atoms. The van der Waals surface area contributed by atoms with E-state index in [4.69, 9.17) is 5.84 Å². The molecule has 3 N–H and O–H groups in total. The Hall–Kier alpha value is -1.62. The number of nitrogens with one attached hydrogen (secondary N) is 1. The summed E-state index contributed by atoms with van der Waals surface area (Å²) >= 11 is 0. The van der Waals surface area contributed by atoms with Crippen LogP contribution in [0.2, 0.25) is 0 Å². The van der Waals surface area contributed by atoms with E-state index in [1.807, 2.05) is 4.90 Å². The smallest absolute Gasteiger partial charge is 0.272 e. The molecule has 1 aromatic heterocycles. The molecule has 1 saturated heterocycles. The number of amides is 1. The number of hydrazine groups is 1. The molecule has 5 nitrogen and oxygen atoms in total. The normalized spacial score (nSPS) is 23.8. The van der Waals surface area contributed by atoms with Crippen molar-refractivity contribution in [1.82, 2.24) is 9.88 Å². The summed E-state index contributed by atoms with van der Waals surface area (Å²) in [6, 6.07) is 3.47. The van der Waals surface area contributed by atoms with Gasteiger partial charge in [-0.3, -0.25) is 10.6 Å². The lowest BCUT2D eigenvalue weighted by atomic mass is 9.92. The van der Waals surface area contributed by atoms with Gasteiger partial charge in [-0.15, -0.1) is 0 Å². The van der Waals surface area contributed by atoms with Crippen LogP contribution in [0.3, 0.4) is 0 Å². The molecule has 98 valence electrons. The summed E-state index contributed by atoms with van der Waals surface area (Å²) in [5, 5.41) is 0. The van der Waals surface area contributed by atoms with E-state index in [9.17, 15) is 4.79 Å². The summed E-state index contributed by atoms with van der Waals surface area (Å²) in [5.41, 5.74) is 3.68. The lowest BCUT2D eigenvalue weighted by Crippen LogP contribution is -2.42. The molecule has 2 rings (SSSR count). The number of anilines is 1. The van der Waals surface area contributed by atoms with Crippen molar-refractivity contribution in [3.8, 4) is 0 Å². The number of carbonyl (C=O) groups excluding carboxylic acids is 1. The van der Waals surface area contributed by atoms with E-state index in [-0.39, 0.29) is 5.91 Å². The predicted molar refractivity (Wildman–Crippen MR) is 70.9 cm³/mol. The minimum absolute atomic E-state index is 0.0111. The first-order valence-electron chi connectivity index (χ1n) is 6.32. The van der Waals surface area contributed by atoms with Gasteiger partial charge in [0.1, 0.15) is 5.69 Å². The maximum Gasteiger partial charge on any atom is 0.272 e. The zero-order chi connectivity index (χ0) is 13.1. The van der Waals surface area contributed by atoms with Crippen LogP contribution in [0.15, 0.2) is 18.3 Å². The molecular formula is C13H20N4O. The maximum atomic E-state index is 12.3. The van der Waals surface area contributed by atoms with Crippen molar-refractivity contribution in [1.29, 1.82) is 0 Å². The van der Waals surface area contributed by atoms with Gasteiger partial charge in [-0.05, 0) is 30.4 Å². The van der Waals surface area contributed by atoms with E-state index in [1.165, 1.54) is 6.42 Å². The highest BCUT2D eigenvalue weighted by Gasteiger charge is 2.26. The summed E-state index contributed by atoms with van der Waals surface area (Å²) in [5.74, 6) is 6.40. The first kappa shape index (κ1) is 12.8. The number of nitrogens with two attached hydrogens (primary N) is 1. The first-order valence-corrected chi connectivity index (χ1v) is 6.32. The SMILES string of the molecule is CC1CC(C)CN(C(=O)c2ccc(NN)cn2)C1. The molecule has 1 aromatic rings. The number of nitrogen functional groups attached to an aromatic ring is 1. The molecule has 1 fully saturated rings. The number of hydrogen-bond donors (Lipinski definition) is 2. The van der Waals surface area contributed by atoms with Crippen LogP contribution in [0.1, 0.15) is 30.8 Å². The fraction of sp³-hybridized carbons (Fsp3) is 0.538. The van der Waals surface area contributed by atoms with Crippen molar-refractivity contribution in [2.45, 2.75) is 20.3 Å². The monoisotopic (exact) mass is 248 g/mol. The molecule has 0 radical (unpaired) electrons. The third kappa shape index (κ3) is 2.79. The fourth-order valence-corrected chi connectivity index (χ4v) is 2.60. The zero-order valence-electron chi connectivity index (χ0n) is 10.9. The van der Waals surface area contributed by atoms with Crippen LogP contribution in [-0.4, -0.2) is 28.9 Å². The molecule has 18 heavy (non-hydrogen) atoms. The lowest BCUT2D eigenvalue weighted by molar-refractivity contribution is 0.0617. The summed E-state index contributed by atoms with van der Waals surface area (Å²) in [4.78, 5) is 18.3. The highest BCUT2D eigenvalue weighted by molar-refractivity contribution is 5.92. The van der Waals surface area contributed by atoms with E-state index < -0.39 is 0 Å². The van der Waals surface area contributed by atoms with Gasteiger partial charge in [0.15, 0.2) is 0 Å². The minimum atomic E-state index is 0.0111. The Kier molecular flexibility index (Phi) is 3.81. The van der Waals surface area contributed by atoms with Crippen molar-refractivity contribution in [2.75, 3.05) is 18.5 Å². The number of carbonyl (C=O) groups is 1. The molecule has 2 heterocycles. The Labute approximate surface area is 107 Å². The van der Waals surface area contributed by atoms with E-state index in [0.29, 0.717) is 23.2 Å². The van der Waals surface area contributed by atoms with Crippen molar-refractivity contribution in [2.24, 2.45) is 17.7 Å². The summed E-state index contributed by atoms with van der Waals surface area (Å²) < 4.78 is 0. The van der Waals surface area contributed by atoms with Crippen LogP contribution in [0.5, 0.6) is 0 Å². The summed E-state index contributed by atoms with van der Waals surface area (Å²) in [6.07, 6.45) is 2.76. The van der Waals surface area contributed by atoms with Gasteiger partial charge < -0.3 is 10.3 Å². The molecule has 5 heteroatoms. The average molecular weight is 248 g/mol. The van der Waals surface area contributed by atoms with E-state index in [0.717, 1.165) is 13.1 Å². The van der Waals surface area contributed by atoms with Crippen LogP contribution in [-0.2, 0) is 0 Å². The first-order chi connectivity index (χ1) is 8.60. The molecule has 0 aromatic carbocycles. The number of piperidine rings is 1. The zero-order valence-corrected chi connectivity index (χ0v) is 10.9. The Morgan fingerprint density at radius 1 is 1.39 bits per heavy atom. The van der Waals surface area contributed by atoms with E-state index in [2.05, 4.69) is 24.3 Å².